The van der Waals surface area contributed by atoms with Crippen LogP contribution in [0.2, 0.25) is 0 Å². The summed E-state index contributed by atoms with van der Waals surface area (Å²) in [6, 6.07) is -2.32. The molecule has 8 heteroatoms. The number of alkyl carbamates (subject to hydrolysis) is 2. The Morgan fingerprint density at radius 3 is 1.74 bits per heavy atom. The van der Waals surface area contributed by atoms with Crippen LogP contribution in [0.25, 0.3) is 0 Å². The molecule has 0 aliphatic rings. The van der Waals surface area contributed by atoms with Crippen molar-refractivity contribution in [2.45, 2.75) is 83.6 Å². The van der Waals surface area contributed by atoms with E-state index in [1.807, 2.05) is 0 Å². The molecular formula is C19H32F2N2O4. The molecule has 2 unspecified atom stereocenters. The number of carbonyl (C=O) groups excluding carboxylic acids is 2. The van der Waals surface area contributed by atoms with E-state index in [0.717, 1.165) is 6.08 Å². The Kier molecular flexibility index (Phi) is 8.95. The van der Waals surface area contributed by atoms with E-state index in [9.17, 15) is 18.4 Å². The summed E-state index contributed by atoms with van der Waals surface area (Å²) in [6.07, 6.45) is -0.0949. The maximum absolute atomic E-state index is 14.5. The van der Waals surface area contributed by atoms with Crippen molar-refractivity contribution in [3.05, 3.63) is 25.3 Å². The average Bonchev–Trinajstić information content (AvgIpc) is 2.45. The molecule has 156 valence electrons. The Balaban J connectivity index is 4.80. The van der Waals surface area contributed by atoms with E-state index in [-0.39, 0.29) is 6.42 Å². The summed E-state index contributed by atoms with van der Waals surface area (Å²) in [5.74, 6) is -3.30. The lowest BCUT2D eigenvalue weighted by Crippen LogP contribution is -2.48. The summed E-state index contributed by atoms with van der Waals surface area (Å²) in [7, 11) is 0. The van der Waals surface area contributed by atoms with Gasteiger partial charge in [-0.25, -0.2) is 18.4 Å². The van der Waals surface area contributed by atoms with E-state index in [2.05, 4.69) is 23.8 Å². The molecule has 0 aromatic carbocycles. The number of halogens is 2. The number of amides is 2. The highest BCUT2D eigenvalue weighted by atomic mass is 19.3. The summed E-state index contributed by atoms with van der Waals surface area (Å²) >= 11 is 0. The molecule has 0 spiro atoms. The Morgan fingerprint density at radius 2 is 1.37 bits per heavy atom. The van der Waals surface area contributed by atoms with Crippen molar-refractivity contribution in [2.75, 3.05) is 0 Å². The molecule has 0 bridgehead atoms. The predicted molar refractivity (Wildman–Crippen MR) is 101 cm³/mol. The number of carbonyl (C=O) groups is 2. The molecule has 0 aliphatic carbocycles. The monoisotopic (exact) mass is 390 g/mol. The van der Waals surface area contributed by atoms with Crippen molar-refractivity contribution in [2.24, 2.45) is 0 Å². The Hall–Kier alpha value is -2.12. The van der Waals surface area contributed by atoms with Gasteiger partial charge in [-0.2, -0.15) is 0 Å². The Bertz CT molecular complexity index is 537. The lowest BCUT2D eigenvalue weighted by molar-refractivity contribution is -0.0366. The molecule has 0 rings (SSSR count). The maximum Gasteiger partial charge on any atom is 0.408 e. The zero-order valence-electron chi connectivity index (χ0n) is 17.0. The number of alkyl halides is 2. The van der Waals surface area contributed by atoms with Crippen molar-refractivity contribution in [3.63, 3.8) is 0 Å². The maximum atomic E-state index is 14.5. The fraction of sp³-hybridized carbons (Fsp3) is 0.684. The fourth-order valence-corrected chi connectivity index (χ4v) is 1.98. The van der Waals surface area contributed by atoms with Gasteiger partial charge in [0.15, 0.2) is 0 Å². The number of rotatable bonds is 8. The first kappa shape index (κ1) is 24.9. The molecule has 2 amide bonds. The van der Waals surface area contributed by atoms with Gasteiger partial charge in [-0.3, -0.25) is 0 Å². The van der Waals surface area contributed by atoms with Gasteiger partial charge in [0.05, 0.1) is 6.04 Å². The van der Waals surface area contributed by atoms with E-state index >= 15 is 0 Å². The second-order valence-corrected chi connectivity index (χ2v) is 8.15. The molecule has 0 aliphatic heterocycles. The number of hydrogen-bond acceptors (Lipinski definition) is 4. The summed E-state index contributed by atoms with van der Waals surface area (Å²) in [6.45, 7) is 16.9. The minimum Gasteiger partial charge on any atom is -0.444 e. The molecule has 0 aromatic rings. The molecule has 0 aromatic heterocycles. The molecular weight excluding hydrogens is 358 g/mol. The topological polar surface area (TPSA) is 76.7 Å². The van der Waals surface area contributed by atoms with E-state index in [4.69, 9.17) is 9.47 Å². The van der Waals surface area contributed by atoms with Crippen molar-refractivity contribution >= 4 is 12.2 Å². The summed E-state index contributed by atoms with van der Waals surface area (Å²) in [5.41, 5.74) is -1.51. The first-order chi connectivity index (χ1) is 12.1. The SMILES string of the molecule is C=CC(CCC(F)(F)C(C=C)NC(=O)OC(C)(C)C)NC(=O)OC(C)(C)C. The highest BCUT2D eigenvalue weighted by molar-refractivity contribution is 5.69. The standard InChI is InChI=1S/C19H32F2N2O4/c1-9-13(22-15(24)26-17(3,4)5)11-12-19(20,21)14(10-2)23-16(25)27-18(6,7)8/h9-10,13-14H,1-2,11-12H2,3-8H3,(H,22,24)(H,23,25). The van der Waals surface area contributed by atoms with E-state index in [1.54, 1.807) is 41.5 Å². The highest BCUT2D eigenvalue weighted by Crippen LogP contribution is 2.27. The zero-order chi connectivity index (χ0) is 21.5. The highest BCUT2D eigenvalue weighted by Gasteiger charge is 2.39. The van der Waals surface area contributed by atoms with Gasteiger partial charge >= 0.3 is 12.2 Å². The molecule has 0 saturated heterocycles. The van der Waals surface area contributed by atoms with E-state index in [1.165, 1.54) is 6.08 Å². The number of nitrogens with one attached hydrogen (secondary N) is 2. The number of ether oxygens (including phenoxy) is 2. The predicted octanol–water partition coefficient (Wildman–Crippen LogP) is 4.56. The van der Waals surface area contributed by atoms with Crippen LogP contribution in [0.1, 0.15) is 54.4 Å². The smallest absolute Gasteiger partial charge is 0.408 e. The van der Waals surface area contributed by atoms with Gasteiger partial charge in [0.25, 0.3) is 5.92 Å². The third-order valence-corrected chi connectivity index (χ3v) is 3.14. The van der Waals surface area contributed by atoms with Gasteiger partial charge < -0.3 is 20.1 Å². The Labute approximate surface area is 160 Å². The van der Waals surface area contributed by atoms with Crippen LogP contribution in [0.4, 0.5) is 18.4 Å². The fourth-order valence-electron chi connectivity index (χ4n) is 1.98. The van der Waals surface area contributed by atoms with Gasteiger partial charge in [0, 0.05) is 6.42 Å². The molecule has 0 saturated carbocycles. The Morgan fingerprint density at radius 1 is 0.926 bits per heavy atom. The van der Waals surface area contributed by atoms with Crippen LogP contribution in [-0.2, 0) is 9.47 Å². The first-order valence-corrected chi connectivity index (χ1v) is 8.71. The molecule has 2 N–H and O–H groups in total. The van der Waals surface area contributed by atoms with Gasteiger partial charge in [-0.1, -0.05) is 12.2 Å². The minimum absolute atomic E-state index is 0.101. The third kappa shape index (κ3) is 11.2. The molecule has 0 fully saturated rings. The van der Waals surface area contributed by atoms with Gasteiger partial charge in [0.2, 0.25) is 0 Å². The van der Waals surface area contributed by atoms with Crippen LogP contribution in [-0.4, -0.2) is 41.4 Å². The van der Waals surface area contributed by atoms with Crippen molar-refractivity contribution < 1.29 is 27.8 Å². The van der Waals surface area contributed by atoms with Gasteiger partial charge in [-0.15, -0.1) is 13.2 Å². The van der Waals surface area contributed by atoms with Gasteiger partial charge in [0.1, 0.15) is 17.2 Å². The van der Waals surface area contributed by atoms with Crippen LogP contribution in [0.3, 0.4) is 0 Å². The molecule has 6 nitrogen and oxygen atoms in total. The first-order valence-electron chi connectivity index (χ1n) is 8.71. The van der Waals surface area contributed by atoms with Crippen LogP contribution >= 0.6 is 0 Å². The van der Waals surface area contributed by atoms with E-state index < -0.39 is 47.8 Å². The average molecular weight is 390 g/mol. The normalized spacial score (nSPS) is 14.5. The van der Waals surface area contributed by atoms with Crippen LogP contribution in [0.15, 0.2) is 25.3 Å². The summed E-state index contributed by atoms with van der Waals surface area (Å²) < 4.78 is 39.0. The largest absolute Gasteiger partial charge is 0.444 e. The second kappa shape index (κ2) is 9.71. The third-order valence-electron chi connectivity index (χ3n) is 3.14. The van der Waals surface area contributed by atoms with Crippen molar-refractivity contribution in [3.8, 4) is 0 Å². The van der Waals surface area contributed by atoms with E-state index in [0.29, 0.717) is 0 Å². The van der Waals surface area contributed by atoms with Crippen LogP contribution in [0, 0.1) is 0 Å². The van der Waals surface area contributed by atoms with Crippen molar-refractivity contribution in [1.82, 2.24) is 10.6 Å². The quantitative estimate of drug-likeness (QED) is 0.596. The lowest BCUT2D eigenvalue weighted by atomic mass is 10.0. The zero-order valence-corrected chi connectivity index (χ0v) is 17.0. The molecule has 2 atom stereocenters. The number of hydrogen-bond donors (Lipinski definition) is 2. The molecule has 0 heterocycles. The van der Waals surface area contributed by atoms with Crippen LogP contribution < -0.4 is 10.6 Å². The minimum atomic E-state index is -3.30. The van der Waals surface area contributed by atoms with Gasteiger partial charge in [-0.05, 0) is 48.0 Å². The molecule has 27 heavy (non-hydrogen) atoms. The molecule has 0 radical (unpaired) electrons. The van der Waals surface area contributed by atoms with Crippen LogP contribution in [0.5, 0.6) is 0 Å². The summed E-state index contributed by atoms with van der Waals surface area (Å²) in [4.78, 5) is 23.5. The lowest BCUT2D eigenvalue weighted by Gasteiger charge is -2.28. The van der Waals surface area contributed by atoms with Crippen molar-refractivity contribution in [1.29, 1.82) is 0 Å². The summed E-state index contributed by atoms with van der Waals surface area (Å²) in [5, 5.41) is 4.58. The second-order valence-electron chi connectivity index (χ2n) is 8.15.